The first-order valence-corrected chi connectivity index (χ1v) is 5.10. The van der Waals surface area contributed by atoms with Crippen LogP contribution in [0.15, 0.2) is 28.7 Å². The second-order valence-electron chi connectivity index (χ2n) is 2.88. The predicted molar refractivity (Wildman–Crippen MR) is 57.6 cm³/mol. The van der Waals surface area contributed by atoms with Gasteiger partial charge in [0.25, 0.3) is 0 Å². The second-order valence-corrected chi connectivity index (χ2v) is 3.80. The van der Waals surface area contributed by atoms with E-state index in [1.165, 1.54) is 12.5 Å². The van der Waals surface area contributed by atoms with Gasteiger partial charge in [-0.25, -0.2) is 5.48 Å². The minimum Gasteiger partial charge on any atom is -0.273 e. The molecule has 0 unspecified atom stereocenters. The second kappa shape index (κ2) is 5.78. The fourth-order valence-electron chi connectivity index (χ4n) is 0.973. The van der Waals surface area contributed by atoms with E-state index in [-0.39, 0.29) is 5.91 Å². The van der Waals surface area contributed by atoms with Crippen LogP contribution in [0.3, 0.4) is 0 Å². The van der Waals surface area contributed by atoms with Crippen LogP contribution in [-0.4, -0.2) is 12.5 Å². The van der Waals surface area contributed by atoms with Crippen LogP contribution in [-0.2, 0) is 16.1 Å². The summed E-state index contributed by atoms with van der Waals surface area (Å²) in [6.45, 7) is 1.90. The average molecular weight is 258 g/mol. The third-order valence-electron chi connectivity index (χ3n) is 1.62. The number of hydrogen-bond acceptors (Lipinski definition) is 2. The van der Waals surface area contributed by atoms with Gasteiger partial charge in [-0.2, -0.15) is 0 Å². The van der Waals surface area contributed by atoms with Crippen molar-refractivity contribution in [1.82, 2.24) is 5.48 Å². The lowest BCUT2D eigenvalue weighted by molar-refractivity contribution is -0.131. The minimum absolute atomic E-state index is 0.180. The summed E-state index contributed by atoms with van der Waals surface area (Å²) in [7, 11) is 0. The van der Waals surface area contributed by atoms with Gasteiger partial charge in [0.1, 0.15) is 0 Å². The van der Waals surface area contributed by atoms with Crippen LogP contribution < -0.4 is 5.48 Å². The Morgan fingerprint density at radius 2 is 2.07 bits per heavy atom. The van der Waals surface area contributed by atoms with Gasteiger partial charge in [0, 0.05) is 11.4 Å². The summed E-state index contributed by atoms with van der Waals surface area (Å²) in [5.41, 5.74) is 3.46. The SMILES string of the molecule is CC(=O)NOCCc1ccc(Br)cc1. The number of carbonyl (C=O) groups is 1. The molecule has 0 radical (unpaired) electrons. The Hall–Kier alpha value is -0.870. The van der Waals surface area contributed by atoms with Crippen molar-refractivity contribution in [2.24, 2.45) is 0 Å². The molecule has 0 fully saturated rings. The maximum Gasteiger partial charge on any atom is 0.240 e. The highest BCUT2D eigenvalue weighted by Crippen LogP contribution is 2.10. The quantitative estimate of drug-likeness (QED) is 0.663. The van der Waals surface area contributed by atoms with Gasteiger partial charge in [0.05, 0.1) is 6.61 Å². The molecule has 0 aliphatic rings. The first-order valence-electron chi connectivity index (χ1n) is 4.31. The molecule has 0 heterocycles. The summed E-state index contributed by atoms with van der Waals surface area (Å²) in [5, 5.41) is 0. The zero-order chi connectivity index (χ0) is 10.4. The van der Waals surface area contributed by atoms with Gasteiger partial charge in [-0.1, -0.05) is 28.1 Å². The molecule has 1 aromatic carbocycles. The number of halogens is 1. The van der Waals surface area contributed by atoms with Crippen molar-refractivity contribution in [3.05, 3.63) is 34.3 Å². The Bertz CT molecular complexity index is 297. The highest BCUT2D eigenvalue weighted by Gasteiger charge is 1.94. The summed E-state index contributed by atoms with van der Waals surface area (Å²) in [4.78, 5) is 15.4. The van der Waals surface area contributed by atoms with E-state index in [1.54, 1.807) is 0 Å². The molecule has 4 heteroatoms. The van der Waals surface area contributed by atoms with E-state index < -0.39 is 0 Å². The van der Waals surface area contributed by atoms with Gasteiger partial charge in [-0.05, 0) is 24.1 Å². The maximum atomic E-state index is 10.5. The Morgan fingerprint density at radius 3 is 2.64 bits per heavy atom. The molecule has 0 atom stereocenters. The maximum absolute atomic E-state index is 10.5. The lowest BCUT2D eigenvalue weighted by Crippen LogP contribution is -2.21. The molecule has 1 rings (SSSR count). The zero-order valence-corrected chi connectivity index (χ0v) is 9.50. The van der Waals surface area contributed by atoms with E-state index in [0.29, 0.717) is 6.61 Å². The van der Waals surface area contributed by atoms with Crippen LogP contribution in [0.25, 0.3) is 0 Å². The van der Waals surface area contributed by atoms with Crippen molar-refractivity contribution < 1.29 is 9.63 Å². The van der Waals surface area contributed by atoms with Crippen LogP contribution in [0, 0.1) is 0 Å². The molecule has 0 saturated heterocycles. The first-order chi connectivity index (χ1) is 6.68. The summed E-state index contributed by atoms with van der Waals surface area (Å²) in [5.74, 6) is -0.180. The molecule has 0 aromatic heterocycles. The van der Waals surface area contributed by atoms with Gasteiger partial charge in [0.15, 0.2) is 0 Å². The van der Waals surface area contributed by atoms with E-state index >= 15 is 0 Å². The number of nitrogens with one attached hydrogen (secondary N) is 1. The lowest BCUT2D eigenvalue weighted by Gasteiger charge is -2.03. The monoisotopic (exact) mass is 257 g/mol. The molecule has 0 spiro atoms. The van der Waals surface area contributed by atoms with E-state index in [0.717, 1.165) is 10.9 Å². The molecule has 76 valence electrons. The summed E-state index contributed by atoms with van der Waals surface area (Å²) < 4.78 is 1.06. The van der Waals surface area contributed by atoms with Gasteiger partial charge in [-0.3, -0.25) is 9.63 Å². The average Bonchev–Trinajstić information content (AvgIpc) is 2.15. The van der Waals surface area contributed by atoms with Crippen molar-refractivity contribution in [2.75, 3.05) is 6.61 Å². The third-order valence-corrected chi connectivity index (χ3v) is 2.15. The van der Waals surface area contributed by atoms with E-state index in [1.807, 2.05) is 24.3 Å². The van der Waals surface area contributed by atoms with Gasteiger partial charge >= 0.3 is 0 Å². The topological polar surface area (TPSA) is 38.3 Å². The number of rotatable bonds is 4. The van der Waals surface area contributed by atoms with Crippen molar-refractivity contribution in [2.45, 2.75) is 13.3 Å². The number of benzene rings is 1. The molecule has 1 N–H and O–H groups in total. The molecule has 0 aliphatic heterocycles. The highest BCUT2D eigenvalue weighted by atomic mass is 79.9. The van der Waals surface area contributed by atoms with E-state index in [4.69, 9.17) is 4.84 Å². The standard InChI is InChI=1S/C10H12BrNO2/c1-8(13)12-14-7-6-9-2-4-10(11)5-3-9/h2-5H,6-7H2,1H3,(H,12,13). The molecular formula is C10H12BrNO2. The summed E-state index contributed by atoms with van der Waals surface area (Å²) in [6, 6.07) is 7.99. The predicted octanol–water partition coefficient (Wildman–Crippen LogP) is 2.06. The molecule has 1 aromatic rings. The number of hydroxylamine groups is 1. The number of carbonyl (C=O) groups excluding carboxylic acids is 1. The molecule has 0 saturated carbocycles. The molecule has 1 amide bonds. The van der Waals surface area contributed by atoms with Gasteiger partial charge in [-0.15, -0.1) is 0 Å². The highest BCUT2D eigenvalue weighted by molar-refractivity contribution is 9.10. The normalized spacial score (nSPS) is 9.86. The van der Waals surface area contributed by atoms with E-state index in [2.05, 4.69) is 21.4 Å². The smallest absolute Gasteiger partial charge is 0.240 e. The van der Waals surface area contributed by atoms with Crippen molar-refractivity contribution in [3.8, 4) is 0 Å². The van der Waals surface area contributed by atoms with Crippen LogP contribution in [0.5, 0.6) is 0 Å². The molecule has 3 nitrogen and oxygen atoms in total. The van der Waals surface area contributed by atoms with Gasteiger partial charge in [0.2, 0.25) is 5.91 Å². The van der Waals surface area contributed by atoms with Crippen LogP contribution >= 0.6 is 15.9 Å². The number of hydrogen-bond donors (Lipinski definition) is 1. The third kappa shape index (κ3) is 4.39. The Morgan fingerprint density at radius 1 is 1.43 bits per heavy atom. The number of amides is 1. The van der Waals surface area contributed by atoms with Crippen LogP contribution in [0.2, 0.25) is 0 Å². The Labute approximate surface area is 91.5 Å². The van der Waals surface area contributed by atoms with E-state index in [9.17, 15) is 4.79 Å². The van der Waals surface area contributed by atoms with Crippen molar-refractivity contribution in [1.29, 1.82) is 0 Å². The van der Waals surface area contributed by atoms with Gasteiger partial charge < -0.3 is 0 Å². The molecule has 0 bridgehead atoms. The first kappa shape index (κ1) is 11.2. The summed E-state index contributed by atoms with van der Waals surface area (Å²) >= 11 is 3.36. The molecule has 0 aliphatic carbocycles. The lowest BCUT2D eigenvalue weighted by atomic mass is 10.2. The Kier molecular flexibility index (Phi) is 4.62. The molecule has 14 heavy (non-hydrogen) atoms. The Balaban J connectivity index is 2.25. The fraction of sp³-hybridized carbons (Fsp3) is 0.300. The van der Waals surface area contributed by atoms with Crippen molar-refractivity contribution in [3.63, 3.8) is 0 Å². The molecular weight excluding hydrogens is 246 g/mol. The van der Waals surface area contributed by atoms with Crippen LogP contribution in [0.4, 0.5) is 0 Å². The summed E-state index contributed by atoms with van der Waals surface area (Å²) in [6.07, 6.45) is 0.785. The zero-order valence-electron chi connectivity index (χ0n) is 7.92. The minimum atomic E-state index is -0.180. The van der Waals surface area contributed by atoms with Crippen molar-refractivity contribution >= 4 is 21.8 Å². The van der Waals surface area contributed by atoms with Crippen LogP contribution in [0.1, 0.15) is 12.5 Å². The fourth-order valence-corrected chi connectivity index (χ4v) is 1.24. The largest absolute Gasteiger partial charge is 0.273 e.